The summed E-state index contributed by atoms with van der Waals surface area (Å²) >= 11 is 1.48. The smallest absolute Gasteiger partial charge is 0.149 e. The predicted octanol–water partition coefficient (Wildman–Crippen LogP) is 3.59. The second kappa shape index (κ2) is 4.57. The molecular formula is C11H10F2N2S. The molecule has 0 amide bonds. The lowest BCUT2D eigenvalue weighted by molar-refractivity contribution is 0.583. The Balaban J connectivity index is 2.15. The van der Waals surface area contributed by atoms with E-state index in [1.165, 1.54) is 23.5 Å². The van der Waals surface area contributed by atoms with Crippen molar-refractivity contribution in [1.29, 1.82) is 0 Å². The topological polar surface area (TPSA) is 24.9 Å². The Hall–Kier alpha value is -1.49. The van der Waals surface area contributed by atoms with Gasteiger partial charge in [0.15, 0.2) is 0 Å². The molecule has 1 heterocycles. The molecule has 1 N–H and O–H groups in total. The number of anilines is 1. The Morgan fingerprint density at radius 1 is 1.38 bits per heavy atom. The number of nitrogens with one attached hydrogen (secondary N) is 1. The molecule has 0 aliphatic carbocycles. The van der Waals surface area contributed by atoms with E-state index in [1.807, 2.05) is 12.3 Å². The van der Waals surface area contributed by atoms with Crippen LogP contribution < -0.4 is 5.32 Å². The number of thiazole rings is 1. The largest absolute Gasteiger partial charge is 0.375 e. The van der Waals surface area contributed by atoms with Crippen molar-refractivity contribution in [3.8, 4) is 0 Å². The lowest BCUT2D eigenvalue weighted by Gasteiger charge is -2.13. The molecule has 1 aromatic carbocycles. The summed E-state index contributed by atoms with van der Waals surface area (Å²) in [4.78, 5) is 4.12. The highest BCUT2D eigenvalue weighted by Crippen LogP contribution is 2.21. The zero-order valence-electron chi connectivity index (χ0n) is 8.58. The molecule has 84 valence electrons. The van der Waals surface area contributed by atoms with Crippen LogP contribution in [-0.4, -0.2) is 4.98 Å². The van der Waals surface area contributed by atoms with Gasteiger partial charge in [0.25, 0.3) is 0 Å². The number of nitrogens with zero attached hydrogens (tertiary/aromatic N) is 1. The molecule has 1 atom stereocenters. The maximum atomic E-state index is 13.3. The summed E-state index contributed by atoms with van der Waals surface area (Å²) in [5.41, 5.74) is 2.84. The van der Waals surface area contributed by atoms with Crippen LogP contribution in [0.1, 0.15) is 18.7 Å². The lowest BCUT2D eigenvalue weighted by atomic mass is 10.2. The number of halogens is 2. The Kier molecular flexibility index (Phi) is 3.14. The van der Waals surface area contributed by atoms with Crippen LogP contribution in [0, 0.1) is 11.6 Å². The molecule has 0 saturated carbocycles. The van der Waals surface area contributed by atoms with Gasteiger partial charge in [-0.05, 0) is 19.1 Å². The van der Waals surface area contributed by atoms with E-state index in [4.69, 9.17) is 0 Å². The number of rotatable bonds is 3. The quantitative estimate of drug-likeness (QED) is 0.886. The summed E-state index contributed by atoms with van der Waals surface area (Å²) < 4.78 is 26.0. The van der Waals surface area contributed by atoms with Crippen LogP contribution in [0.25, 0.3) is 0 Å². The zero-order chi connectivity index (χ0) is 11.5. The Morgan fingerprint density at radius 3 is 2.81 bits per heavy atom. The van der Waals surface area contributed by atoms with Crippen molar-refractivity contribution in [2.45, 2.75) is 13.0 Å². The van der Waals surface area contributed by atoms with E-state index in [-0.39, 0.29) is 11.7 Å². The molecule has 2 rings (SSSR count). The van der Waals surface area contributed by atoms with Gasteiger partial charge in [0.2, 0.25) is 0 Å². The highest BCUT2D eigenvalue weighted by atomic mass is 32.1. The van der Waals surface area contributed by atoms with Gasteiger partial charge in [0.05, 0.1) is 22.9 Å². The van der Waals surface area contributed by atoms with Crippen molar-refractivity contribution in [1.82, 2.24) is 4.98 Å². The summed E-state index contributed by atoms with van der Waals surface area (Å²) in [6.45, 7) is 1.87. The molecule has 0 aliphatic rings. The Morgan fingerprint density at radius 2 is 2.19 bits per heavy atom. The van der Waals surface area contributed by atoms with E-state index < -0.39 is 11.6 Å². The minimum atomic E-state index is -0.595. The zero-order valence-corrected chi connectivity index (χ0v) is 9.39. The average molecular weight is 240 g/mol. The van der Waals surface area contributed by atoms with E-state index >= 15 is 0 Å². The minimum absolute atomic E-state index is 0.105. The molecule has 2 aromatic rings. The number of hydrogen-bond acceptors (Lipinski definition) is 3. The van der Waals surface area contributed by atoms with Crippen LogP contribution in [0.4, 0.5) is 14.5 Å². The third kappa shape index (κ3) is 2.36. The second-order valence-corrected chi connectivity index (χ2v) is 4.12. The van der Waals surface area contributed by atoms with Crippen molar-refractivity contribution in [2.24, 2.45) is 0 Å². The van der Waals surface area contributed by atoms with Crippen LogP contribution in [0.3, 0.4) is 0 Å². The molecule has 0 radical (unpaired) electrons. The van der Waals surface area contributed by atoms with Gasteiger partial charge in [0.1, 0.15) is 11.6 Å². The van der Waals surface area contributed by atoms with Gasteiger partial charge in [-0.3, -0.25) is 0 Å². The van der Waals surface area contributed by atoms with Crippen molar-refractivity contribution < 1.29 is 8.78 Å². The highest BCUT2D eigenvalue weighted by molar-refractivity contribution is 7.07. The SMILES string of the molecule is CC(Nc1ccc(F)cc1F)c1cscn1. The summed E-state index contributed by atoms with van der Waals surface area (Å²) in [6.07, 6.45) is 0. The van der Waals surface area contributed by atoms with Crippen LogP contribution in [-0.2, 0) is 0 Å². The van der Waals surface area contributed by atoms with Crippen molar-refractivity contribution in [3.05, 3.63) is 46.4 Å². The fourth-order valence-electron chi connectivity index (χ4n) is 1.35. The van der Waals surface area contributed by atoms with Gasteiger partial charge in [-0.2, -0.15) is 0 Å². The van der Waals surface area contributed by atoms with Crippen LogP contribution in [0.2, 0.25) is 0 Å². The molecule has 1 aromatic heterocycles. The van der Waals surface area contributed by atoms with Gasteiger partial charge in [-0.15, -0.1) is 11.3 Å². The molecule has 1 unspecified atom stereocenters. The molecule has 0 aliphatic heterocycles. The minimum Gasteiger partial charge on any atom is -0.375 e. The standard InChI is InChI=1S/C11H10F2N2S/c1-7(11-5-16-6-14-11)15-10-3-2-8(12)4-9(10)13/h2-7,15H,1H3. The third-order valence-electron chi connectivity index (χ3n) is 2.20. The monoisotopic (exact) mass is 240 g/mol. The van der Waals surface area contributed by atoms with Crippen molar-refractivity contribution >= 4 is 17.0 Å². The van der Waals surface area contributed by atoms with Gasteiger partial charge in [-0.1, -0.05) is 0 Å². The Labute approximate surface area is 96.0 Å². The third-order valence-corrected chi connectivity index (χ3v) is 2.80. The molecule has 16 heavy (non-hydrogen) atoms. The first-order valence-electron chi connectivity index (χ1n) is 4.76. The van der Waals surface area contributed by atoms with Crippen LogP contribution >= 0.6 is 11.3 Å². The molecule has 0 spiro atoms. The first kappa shape index (κ1) is 11.0. The van der Waals surface area contributed by atoms with E-state index in [2.05, 4.69) is 10.3 Å². The molecule has 0 saturated heterocycles. The van der Waals surface area contributed by atoms with Gasteiger partial charge < -0.3 is 5.32 Å². The molecule has 0 bridgehead atoms. The van der Waals surface area contributed by atoms with E-state index in [1.54, 1.807) is 5.51 Å². The molecule has 5 heteroatoms. The van der Waals surface area contributed by atoms with Crippen LogP contribution in [0.5, 0.6) is 0 Å². The normalized spacial score (nSPS) is 12.4. The maximum Gasteiger partial charge on any atom is 0.149 e. The van der Waals surface area contributed by atoms with Crippen molar-refractivity contribution in [2.75, 3.05) is 5.32 Å². The van der Waals surface area contributed by atoms with Crippen LogP contribution in [0.15, 0.2) is 29.1 Å². The maximum absolute atomic E-state index is 13.3. The summed E-state index contributed by atoms with van der Waals surface area (Å²) in [7, 11) is 0. The van der Waals surface area contributed by atoms with Gasteiger partial charge in [0, 0.05) is 11.4 Å². The Bertz CT molecular complexity index is 471. The summed E-state index contributed by atoms with van der Waals surface area (Å²) in [5, 5.41) is 4.83. The lowest BCUT2D eigenvalue weighted by Crippen LogP contribution is -2.08. The molecular weight excluding hydrogens is 230 g/mol. The second-order valence-electron chi connectivity index (χ2n) is 3.40. The highest BCUT2D eigenvalue weighted by Gasteiger charge is 2.10. The molecule has 0 fully saturated rings. The number of aromatic nitrogens is 1. The summed E-state index contributed by atoms with van der Waals surface area (Å²) in [5.74, 6) is -1.17. The molecule has 2 nitrogen and oxygen atoms in total. The van der Waals surface area contributed by atoms with E-state index in [0.717, 1.165) is 11.8 Å². The fraction of sp³-hybridized carbons (Fsp3) is 0.182. The fourth-order valence-corrected chi connectivity index (χ4v) is 2.00. The average Bonchev–Trinajstić information content (AvgIpc) is 2.75. The van der Waals surface area contributed by atoms with Crippen molar-refractivity contribution in [3.63, 3.8) is 0 Å². The predicted molar refractivity (Wildman–Crippen MR) is 60.5 cm³/mol. The first-order chi connectivity index (χ1) is 7.66. The summed E-state index contributed by atoms with van der Waals surface area (Å²) in [6, 6.07) is 3.36. The van der Waals surface area contributed by atoms with E-state index in [9.17, 15) is 8.78 Å². The number of hydrogen-bond donors (Lipinski definition) is 1. The van der Waals surface area contributed by atoms with Gasteiger partial charge >= 0.3 is 0 Å². The number of benzene rings is 1. The van der Waals surface area contributed by atoms with Gasteiger partial charge in [-0.25, -0.2) is 13.8 Å². The van der Waals surface area contributed by atoms with E-state index in [0.29, 0.717) is 0 Å². The first-order valence-corrected chi connectivity index (χ1v) is 5.71.